The second kappa shape index (κ2) is 4.71. The standard InChI is InChI=1S/C14H18N2O2/c15-14(12-3-1-2-6-18-12)9-4-5-11-10(7-9)8-13(17)16-11/h4-5,7,12,14H,1-3,6,8,15H2,(H,16,17). The molecule has 0 aromatic heterocycles. The molecule has 2 aliphatic rings. The number of hydrogen-bond donors (Lipinski definition) is 2. The van der Waals surface area contributed by atoms with E-state index in [1.165, 1.54) is 6.42 Å². The van der Waals surface area contributed by atoms with Gasteiger partial charge in [-0.3, -0.25) is 4.79 Å². The molecule has 1 amide bonds. The summed E-state index contributed by atoms with van der Waals surface area (Å²) in [5.74, 6) is 0.0598. The van der Waals surface area contributed by atoms with Crippen LogP contribution in [0.2, 0.25) is 0 Å². The second-order valence-electron chi connectivity index (χ2n) is 5.07. The predicted octanol–water partition coefficient (Wildman–Crippen LogP) is 1.75. The van der Waals surface area contributed by atoms with Gasteiger partial charge in [0.15, 0.2) is 0 Å². The molecule has 2 atom stereocenters. The average molecular weight is 246 g/mol. The molecule has 18 heavy (non-hydrogen) atoms. The van der Waals surface area contributed by atoms with Crippen LogP contribution in [0.25, 0.3) is 0 Å². The highest BCUT2D eigenvalue weighted by molar-refractivity contribution is 5.99. The Morgan fingerprint density at radius 3 is 3.06 bits per heavy atom. The third-order valence-electron chi connectivity index (χ3n) is 3.75. The fraction of sp³-hybridized carbons (Fsp3) is 0.500. The van der Waals surface area contributed by atoms with Crippen LogP contribution in [0.15, 0.2) is 18.2 Å². The number of nitrogens with one attached hydrogen (secondary N) is 1. The monoisotopic (exact) mass is 246 g/mol. The first-order chi connectivity index (χ1) is 8.74. The first-order valence-corrected chi connectivity index (χ1v) is 6.54. The zero-order valence-corrected chi connectivity index (χ0v) is 10.3. The molecule has 1 fully saturated rings. The van der Waals surface area contributed by atoms with E-state index < -0.39 is 0 Å². The lowest BCUT2D eigenvalue weighted by Gasteiger charge is -2.28. The molecular weight excluding hydrogens is 228 g/mol. The van der Waals surface area contributed by atoms with Gasteiger partial charge in [0.2, 0.25) is 5.91 Å². The van der Waals surface area contributed by atoms with Crippen molar-refractivity contribution >= 4 is 11.6 Å². The molecule has 4 nitrogen and oxygen atoms in total. The topological polar surface area (TPSA) is 64.4 Å². The van der Waals surface area contributed by atoms with E-state index >= 15 is 0 Å². The Balaban J connectivity index is 1.80. The normalized spacial score (nSPS) is 24.5. The lowest BCUT2D eigenvalue weighted by atomic mass is 9.95. The molecule has 3 N–H and O–H groups in total. The van der Waals surface area contributed by atoms with Gasteiger partial charge in [0.25, 0.3) is 0 Å². The summed E-state index contributed by atoms with van der Waals surface area (Å²) < 4.78 is 5.73. The number of amides is 1. The molecule has 1 aromatic rings. The van der Waals surface area contributed by atoms with Crippen molar-refractivity contribution in [1.29, 1.82) is 0 Å². The number of rotatable bonds is 2. The van der Waals surface area contributed by atoms with E-state index in [0.29, 0.717) is 6.42 Å². The van der Waals surface area contributed by atoms with E-state index in [1.54, 1.807) is 0 Å². The van der Waals surface area contributed by atoms with Gasteiger partial charge in [-0.05, 0) is 36.5 Å². The maximum Gasteiger partial charge on any atom is 0.228 e. The minimum absolute atomic E-state index is 0.0598. The van der Waals surface area contributed by atoms with Crippen LogP contribution in [-0.4, -0.2) is 18.6 Å². The number of nitrogens with two attached hydrogens (primary N) is 1. The highest BCUT2D eigenvalue weighted by atomic mass is 16.5. The van der Waals surface area contributed by atoms with Gasteiger partial charge in [-0.1, -0.05) is 12.1 Å². The minimum atomic E-state index is -0.0914. The fourth-order valence-corrected chi connectivity index (χ4v) is 2.72. The minimum Gasteiger partial charge on any atom is -0.376 e. The highest BCUT2D eigenvalue weighted by Gasteiger charge is 2.25. The molecule has 0 aliphatic carbocycles. The third-order valence-corrected chi connectivity index (χ3v) is 3.75. The second-order valence-corrected chi connectivity index (χ2v) is 5.07. The van der Waals surface area contributed by atoms with Crippen LogP contribution in [0.4, 0.5) is 5.69 Å². The van der Waals surface area contributed by atoms with Gasteiger partial charge < -0.3 is 15.8 Å². The lowest BCUT2D eigenvalue weighted by molar-refractivity contribution is -0.115. The van der Waals surface area contributed by atoms with E-state index in [2.05, 4.69) is 5.32 Å². The van der Waals surface area contributed by atoms with E-state index in [0.717, 1.165) is 36.3 Å². The molecule has 0 spiro atoms. The van der Waals surface area contributed by atoms with Gasteiger partial charge in [0, 0.05) is 12.3 Å². The Morgan fingerprint density at radius 1 is 1.39 bits per heavy atom. The fourth-order valence-electron chi connectivity index (χ4n) is 2.72. The van der Waals surface area contributed by atoms with Crippen LogP contribution in [0.3, 0.4) is 0 Å². The number of hydrogen-bond acceptors (Lipinski definition) is 3. The molecule has 3 rings (SSSR count). The third kappa shape index (κ3) is 2.13. The molecule has 0 saturated carbocycles. The SMILES string of the molecule is NC(c1ccc2c(c1)CC(=O)N2)C1CCCCO1. The molecule has 2 aliphatic heterocycles. The van der Waals surface area contributed by atoms with Crippen LogP contribution < -0.4 is 11.1 Å². The van der Waals surface area contributed by atoms with E-state index in [4.69, 9.17) is 10.5 Å². The van der Waals surface area contributed by atoms with Gasteiger partial charge in [-0.2, -0.15) is 0 Å². The van der Waals surface area contributed by atoms with Crippen molar-refractivity contribution in [2.75, 3.05) is 11.9 Å². The smallest absolute Gasteiger partial charge is 0.228 e. The molecule has 0 bridgehead atoms. The van der Waals surface area contributed by atoms with Crippen molar-refractivity contribution in [3.8, 4) is 0 Å². The quantitative estimate of drug-likeness (QED) is 0.835. The number of fused-ring (bicyclic) bond motifs is 1. The van der Waals surface area contributed by atoms with E-state index in [-0.39, 0.29) is 18.1 Å². The summed E-state index contributed by atoms with van der Waals surface area (Å²) in [6.07, 6.45) is 3.91. The number of anilines is 1. The maximum absolute atomic E-state index is 11.3. The summed E-state index contributed by atoms with van der Waals surface area (Å²) in [7, 11) is 0. The van der Waals surface area contributed by atoms with Gasteiger partial charge in [0.05, 0.1) is 18.6 Å². The van der Waals surface area contributed by atoms with Crippen molar-refractivity contribution in [2.24, 2.45) is 5.73 Å². The Labute approximate surface area is 107 Å². The molecule has 1 saturated heterocycles. The summed E-state index contributed by atoms with van der Waals surface area (Å²) >= 11 is 0. The summed E-state index contributed by atoms with van der Waals surface area (Å²) in [5, 5.41) is 2.83. The average Bonchev–Trinajstić information content (AvgIpc) is 2.78. The predicted molar refractivity (Wildman–Crippen MR) is 69.3 cm³/mol. The summed E-state index contributed by atoms with van der Waals surface area (Å²) in [6, 6.07) is 5.88. The largest absolute Gasteiger partial charge is 0.376 e. The molecule has 2 unspecified atom stereocenters. The first-order valence-electron chi connectivity index (χ1n) is 6.54. The maximum atomic E-state index is 11.3. The van der Waals surface area contributed by atoms with Gasteiger partial charge in [-0.25, -0.2) is 0 Å². The number of carbonyl (C=O) groups is 1. The number of carbonyl (C=O) groups excluding carboxylic acids is 1. The first kappa shape index (κ1) is 11.7. The lowest BCUT2D eigenvalue weighted by Crippen LogP contribution is -2.31. The molecule has 2 heterocycles. The molecular formula is C14H18N2O2. The van der Waals surface area contributed by atoms with Crippen molar-refractivity contribution in [1.82, 2.24) is 0 Å². The Morgan fingerprint density at radius 2 is 2.28 bits per heavy atom. The summed E-state index contributed by atoms with van der Waals surface area (Å²) in [4.78, 5) is 11.3. The van der Waals surface area contributed by atoms with Crippen molar-refractivity contribution in [2.45, 2.75) is 37.8 Å². The molecule has 1 aromatic carbocycles. The Bertz CT molecular complexity index is 467. The van der Waals surface area contributed by atoms with Crippen LogP contribution in [0.1, 0.15) is 36.4 Å². The van der Waals surface area contributed by atoms with Gasteiger partial charge in [0.1, 0.15) is 0 Å². The summed E-state index contributed by atoms with van der Waals surface area (Å²) in [6.45, 7) is 0.809. The van der Waals surface area contributed by atoms with Gasteiger partial charge in [-0.15, -0.1) is 0 Å². The number of benzene rings is 1. The molecule has 4 heteroatoms. The summed E-state index contributed by atoms with van der Waals surface area (Å²) in [5.41, 5.74) is 9.30. The zero-order valence-electron chi connectivity index (χ0n) is 10.3. The Kier molecular flexibility index (Phi) is 3.06. The van der Waals surface area contributed by atoms with Crippen LogP contribution in [-0.2, 0) is 16.0 Å². The van der Waals surface area contributed by atoms with Crippen LogP contribution >= 0.6 is 0 Å². The van der Waals surface area contributed by atoms with Crippen molar-refractivity contribution < 1.29 is 9.53 Å². The van der Waals surface area contributed by atoms with Crippen LogP contribution in [0, 0.1) is 0 Å². The Hall–Kier alpha value is -1.39. The molecule has 96 valence electrons. The zero-order chi connectivity index (χ0) is 12.5. The van der Waals surface area contributed by atoms with E-state index in [9.17, 15) is 4.79 Å². The van der Waals surface area contributed by atoms with E-state index in [1.807, 2.05) is 18.2 Å². The van der Waals surface area contributed by atoms with Gasteiger partial charge >= 0.3 is 0 Å². The van der Waals surface area contributed by atoms with Crippen LogP contribution in [0.5, 0.6) is 0 Å². The highest BCUT2D eigenvalue weighted by Crippen LogP contribution is 2.29. The molecule has 0 radical (unpaired) electrons. The number of ether oxygens (including phenoxy) is 1. The van der Waals surface area contributed by atoms with Crippen molar-refractivity contribution in [3.05, 3.63) is 29.3 Å². The van der Waals surface area contributed by atoms with Crippen molar-refractivity contribution in [3.63, 3.8) is 0 Å².